The maximum absolute atomic E-state index is 12.0. The molecule has 0 radical (unpaired) electrons. The number of carbonyl (C=O) groups excluding carboxylic acids is 2. The van der Waals surface area contributed by atoms with Gasteiger partial charge in [0.05, 0.1) is 5.92 Å². The lowest BCUT2D eigenvalue weighted by Crippen LogP contribution is -2.35. The van der Waals surface area contributed by atoms with Crippen LogP contribution < -0.4 is 0 Å². The van der Waals surface area contributed by atoms with Crippen molar-refractivity contribution in [3.63, 3.8) is 0 Å². The van der Waals surface area contributed by atoms with Crippen LogP contribution in [0.3, 0.4) is 0 Å². The monoisotopic (exact) mass is 612 g/mol. The molecule has 2 aromatic carbocycles. The summed E-state index contributed by atoms with van der Waals surface area (Å²) in [5, 5.41) is 8.84. The molecular formula is C38H60O6. The maximum Gasteiger partial charge on any atom is 0.345 e. The van der Waals surface area contributed by atoms with Crippen molar-refractivity contribution in [2.75, 3.05) is 0 Å². The maximum atomic E-state index is 12.0. The van der Waals surface area contributed by atoms with Gasteiger partial charge in [0.2, 0.25) is 0 Å². The molecule has 0 heterocycles. The number of hydrogen-bond donors (Lipinski definition) is 1. The summed E-state index contributed by atoms with van der Waals surface area (Å²) < 4.78 is 0. The van der Waals surface area contributed by atoms with Gasteiger partial charge >= 0.3 is 11.9 Å². The van der Waals surface area contributed by atoms with E-state index in [0.29, 0.717) is 11.8 Å². The highest BCUT2D eigenvalue weighted by Crippen LogP contribution is 2.36. The smallest absolute Gasteiger partial charge is 0.301 e. The van der Waals surface area contributed by atoms with Crippen molar-refractivity contribution in [3.8, 4) is 0 Å². The van der Waals surface area contributed by atoms with Gasteiger partial charge in [-0.05, 0) is 49.7 Å². The summed E-state index contributed by atoms with van der Waals surface area (Å²) >= 11 is 0. The van der Waals surface area contributed by atoms with Crippen LogP contribution in [0.4, 0.5) is 0 Å². The second kappa shape index (κ2) is 20.4. The first-order valence-corrected chi connectivity index (χ1v) is 16.6. The van der Waals surface area contributed by atoms with E-state index >= 15 is 0 Å². The Balaban J connectivity index is 0.000000440. The molecule has 0 spiro atoms. The lowest BCUT2D eigenvalue weighted by Gasteiger charge is -2.32. The molecule has 2 aromatic rings. The summed E-state index contributed by atoms with van der Waals surface area (Å²) in [6.07, 6.45) is 12.5. The quantitative estimate of drug-likeness (QED) is 0.102. The molecule has 0 aromatic heterocycles. The van der Waals surface area contributed by atoms with E-state index in [-0.39, 0.29) is 17.3 Å². The predicted octanol–water partition coefficient (Wildman–Crippen LogP) is 10.7. The zero-order valence-corrected chi connectivity index (χ0v) is 28.8. The molecule has 248 valence electrons. The van der Waals surface area contributed by atoms with Crippen molar-refractivity contribution >= 4 is 11.9 Å². The highest BCUT2D eigenvalue weighted by molar-refractivity contribution is 5.74. The van der Waals surface area contributed by atoms with Crippen molar-refractivity contribution in [2.45, 2.75) is 143 Å². The molecule has 0 aliphatic carbocycles. The minimum atomic E-state index is -0.636. The van der Waals surface area contributed by atoms with E-state index in [1.165, 1.54) is 32.1 Å². The van der Waals surface area contributed by atoms with Crippen LogP contribution >= 0.6 is 0 Å². The Hall–Kier alpha value is -2.70. The molecular weight excluding hydrogens is 552 g/mol. The molecule has 44 heavy (non-hydrogen) atoms. The average Bonchev–Trinajstić information content (AvgIpc) is 2.99. The molecule has 6 heteroatoms. The van der Waals surface area contributed by atoms with Crippen molar-refractivity contribution in [3.05, 3.63) is 71.8 Å². The van der Waals surface area contributed by atoms with Crippen LogP contribution in [-0.4, -0.2) is 17.2 Å². The Bertz CT molecular complexity index is 1040. The van der Waals surface area contributed by atoms with Gasteiger partial charge in [0.15, 0.2) is 0 Å². The average molecular weight is 613 g/mol. The van der Waals surface area contributed by atoms with Crippen LogP contribution in [0.2, 0.25) is 0 Å². The number of rotatable bonds is 18. The van der Waals surface area contributed by atoms with Crippen molar-refractivity contribution < 1.29 is 29.5 Å². The highest BCUT2D eigenvalue weighted by Gasteiger charge is 2.37. The van der Waals surface area contributed by atoms with Crippen LogP contribution in [0.1, 0.15) is 144 Å². The van der Waals surface area contributed by atoms with E-state index in [0.717, 1.165) is 49.7 Å². The van der Waals surface area contributed by atoms with E-state index in [9.17, 15) is 9.59 Å². The van der Waals surface area contributed by atoms with E-state index in [1.807, 2.05) is 88.4 Å². The Morgan fingerprint density at radius 1 is 0.705 bits per heavy atom. The summed E-state index contributed by atoms with van der Waals surface area (Å²) in [5.41, 5.74) is 1.45. The number of hydrogen-bond acceptors (Lipinski definition) is 6. The zero-order chi connectivity index (χ0) is 33.1. The van der Waals surface area contributed by atoms with E-state index in [4.69, 9.17) is 15.0 Å². The molecule has 0 fully saturated rings. The summed E-state index contributed by atoms with van der Waals surface area (Å²) in [6.45, 7) is 16.8. The van der Waals surface area contributed by atoms with Gasteiger partial charge in [0.25, 0.3) is 0 Å². The van der Waals surface area contributed by atoms with E-state index < -0.39 is 11.6 Å². The topological polar surface area (TPSA) is 82.1 Å². The second-order valence-electron chi connectivity index (χ2n) is 14.1. The third kappa shape index (κ3) is 15.9. The molecule has 0 bridgehead atoms. The highest BCUT2D eigenvalue weighted by atomic mass is 17.2. The van der Waals surface area contributed by atoms with Crippen LogP contribution in [-0.2, 0) is 35.3 Å². The Morgan fingerprint density at radius 2 is 1.23 bits per heavy atom. The van der Waals surface area contributed by atoms with Gasteiger partial charge in [-0.2, -0.15) is 10.1 Å². The third-order valence-electron chi connectivity index (χ3n) is 8.23. The number of benzene rings is 2. The Morgan fingerprint density at radius 3 is 1.77 bits per heavy atom. The molecule has 0 aliphatic rings. The minimum absolute atomic E-state index is 0.292. The van der Waals surface area contributed by atoms with Gasteiger partial charge in [-0.15, -0.1) is 0 Å². The van der Waals surface area contributed by atoms with Crippen molar-refractivity contribution in [1.82, 2.24) is 0 Å². The van der Waals surface area contributed by atoms with E-state index in [2.05, 4.69) is 32.6 Å². The van der Waals surface area contributed by atoms with Crippen LogP contribution in [0, 0.1) is 11.3 Å². The summed E-state index contributed by atoms with van der Waals surface area (Å²) in [6, 6.07) is 19.7. The Labute approximate surface area is 267 Å². The summed E-state index contributed by atoms with van der Waals surface area (Å²) in [7, 11) is 0. The fraction of sp³-hybridized carbons (Fsp3) is 0.632. The Kier molecular flexibility index (Phi) is 18.2. The van der Waals surface area contributed by atoms with Crippen LogP contribution in [0.5, 0.6) is 0 Å². The third-order valence-corrected chi connectivity index (χ3v) is 8.23. The van der Waals surface area contributed by atoms with Gasteiger partial charge in [-0.1, -0.05) is 154 Å². The van der Waals surface area contributed by atoms with Crippen molar-refractivity contribution in [2.24, 2.45) is 11.3 Å². The molecule has 0 saturated heterocycles. The van der Waals surface area contributed by atoms with Gasteiger partial charge in [0.1, 0.15) is 5.60 Å². The first-order chi connectivity index (χ1) is 20.7. The van der Waals surface area contributed by atoms with Gasteiger partial charge in [-0.3, -0.25) is 4.89 Å². The summed E-state index contributed by atoms with van der Waals surface area (Å²) in [4.78, 5) is 38.1. The first-order valence-electron chi connectivity index (χ1n) is 16.6. The zero-order valence-electron chi connectivity index (χ0n) is 28.8. The summed E-state index contributed by atoms with van der Waals surface area (Å²) in [5.74, 6) is -1.15. The van der Waals surface area contributed by atoms with Crippen LogP contribution in [0.15, 0.2) is 60.7 Å². The fourth-order valence-corrected chi connectivity index (χ4v) is 5.22. The molecule has 1 atom stereocenters. The standard InChI is InChI=1S/2C19H30O3/c1-18(2,3)15-11-7-10-14-17(20)21-22-19(4,5)16-12-8-6-9-13-16;1-4-5-6-7-8-12-15-17(18(20)22-21)19(2,3)16-13-10-9-11-14-16/h6,8-9,12-13H,7,10-11,14-15H2,1-5H3;9-11,13-14,17,21H,4-8,12,15H2,1-3H3. The largest absolute Gasteiger partial charge is 0.345 e. The van der Waals surface area contributed by atoms with Gasteiger partial charge in [-0.25, -0.2) is 9.59 Å². The normalized spacial score (nSPS) is 12.6. The molecule has 0 aliphatic heterocycles. The fourth-order valence-electron chi connectivity index (χ4n) is 5.22. The van der Waals surface area contributed by atoms with Gasteiger partial charge in [0, 0.05) is 11.8 Å². The number of unbranched alkanes of at least 4 members (excludes halogenated alkanes) is 7. The number of carbonyl (C=O) groups is 2. The van der Waals surface area contributed by atoms with Gasteiger partial charge < -0.3 is 4.89 Å². The van der Waals surface area contributed by atoms with E-state index in [1.54, 1.807) is 0 Å². The second-order valence-corrected chi connectivity index (χ2v) is 14.1. The van der Waals surface area contributed by atoms with Crippen LogP contribution in [0.25, 0.3) is 0 Å². The molecule has 0 amide bonds. The molecule has 1 N–H and O–H groups in total. The molecule has 1 unspecified atom stereocenters. The molecule has 0 saturated carbocycles. The minimum Gasteiger partial charge on any atom is -0.301 e. The lowest BCUT2D eigenvalue weighted by molar-refractivity contribution is -0.329. The molecule has 6 nitrogen and oxygen atoms in total. The SMILES string of the molecule is CC(C)(C)CCCCCC(=O)OOC(C)(C)c1ccccc1.CCCCCCCCC(C(=O)OO)C(C)(C)c1ccccc1. The molecule has 2 rings (SSSR count). The first kappa shape index (κ1) is 39.3. The lowest BCUT2D eigenvalue weighted by atomic mass is 9.71. The predicted molar refractivity (Wildman–Crippen MR) is 179 cm³/mol. The van der Waals surface area contributed by atoms with Crippen molar-refractivity contribution in [1.29, 1.82) is 0 Å².